The Morgan fingerprint density at radius 1 is 1.28 bits per heavy atom. The first-order valence-electron chi connectivity index (χ1n) is 6.44. The van der Waals surface area contributed by atoms with Crippen molar-refractivity contribution in [2.24, 2.45) is 0 Å². The topological polar surface area (TPSA) is 52.3 Å². The maximum absolute atomic E-state index is 12.4. The second-order valence-corrected chi connectivity index (χ2v) is 6.02. The lowest BCUT2D eigenvalue weighted by Crippen LogP contribution is -2.46. The lowest BCUT2D eigenvalue weighted by molar-refractivity contribution is -0.166. The number of para-hydroxylation sites is 1. The minimum Gasteiger partial charge on any atom is -0.459 e. The first kappa shape index (κ1) is 12.9. The average Bonchev–Trinajstić information content (AvgIpc) is 2.16. The molecule has 3 heteroatoms. The van der Waals surface area contributed by atoms with Gasteiger partial charge in [0.15, 0.2) is 0 Å². The van der Waals surface area contributed by atoms with Crippen LogP contribution < -0.4 is 5.73 Å². The Balaban J connectivity index is 2.32. The number of hydrogen-bond donors (Lipinski definition) is 1. The fraction of sp³-hybridized carbons (Fsp3) is 0.533. The highest BCUT2D eigenvalue weighted by Crippen LogP contribution is 2.47. The molecular weight excluding hydrogens is 226 g/mol. The summed E-state index contributed by atoms with van der Waals surface area (Å²) in [7, 11) is 0. The molecule has 0 unspecified atom stereocenters. The number of nitrogens with two attached hydrogens (primary N) is 1. The smallest absolute Gasteiger partial charge is 0.317 e. The predicted octanol–water partition coefficient (Wildman–Crippen LogP) is 3.03. The van der Waals surface area contributed by atoms with Crippen LogP contribution >= 0.6 is 0 Å². The summed E-state index contributed by atoms with van der Waals surface area (Å²) in [6, 6.07) is 7.61. The molecule has 2 rings (SSSR count). The Hall–Kier alpha value is -1.51. The summed E-state index contributed by atoms with van der Waals surface area (Å²) in [6.45, 7) is 5.68. The van der Waals surface area contributed by atoms with Crippen LogP contribution in [0.1, 0.15) is 45.6 Å². The van der Waals surface area contributed by atoms with E-state index in [1.165, 1.54) is 0 Å². The molecule has 1 fully saturated rings. The molecule has 1 aliphatic carbocycles. The first-order chi connectivity index (χ1) is 8.35. The van der Waals surface area contributed by atoms with Crippen molar-refractivity contribution < 1.29 is 9.53 Å². The standard InChI is InChI=1S/C15H21NO2/c1-14(2,3)18-13(17)15(9-6-10-15)11-7-4-5-8-12(11)16/h4-5,7-8H,6,9-10,16H2,1-3H3. The Bertz CT molecular complexity index is 456. The van der Waals surface area contributed by atoms with Crippen molar-refractivity contribution in [1.29, 1.82) is 0 Å². The Labute approximate surface area is 108 Å². The summed E-state index contributed by atoms with van der Waals surface area (Å²) in [5.74, 6) is -0.140. The quantitative estimate of drug-likeness (QED) is 0.645. The molecule has 0 saturated heterocycles. The molecule has 98 valence electrons. The van der Waals surface area contributed by atoms with Gasteiger partial charge in [0.1, 0.15) is 5.60 Å². The third-order valence-corrected chi connectivity index (χ3v) is 3.47. The molecule has 0 spiro atoms. The molecule has 1 saturated carbocycles. The molecule has 1 aromatic carbocycles. The third kappa shape index (κ3) is 2.22. The predicted molar refractivity (Wildman–Crippen MR) is 72.2 cm³/mol. The molecular formula is C15H21NO2. The van der Waals surface area contributed by atoms with E-state index in [0.717, 1.165) is 24.8 Å². The minimum atomic E-state index is -0.515. The first-order valence-corrected chi connectivity index (χ1v) is 6.44. The third-order valence-electron chi connectivity index (χ3n) is 3.47. The van der Waals surface area contributed by atoms with Crippen molar-refractivity contribution >= 4 is 11.7 Å². The lowest BCUT2D eigenvalue weighted by Gasteiger charge is -2.42. The number of rotatable bonds is 2. The molecule has 0 amide bonds. The van der Waals surface area contributed by atoms with Crippen molar-refractivity contribution in [2.45, 2.75) is 51.0 Å². The van der Waals surface area contributed by atoms with Gasteiger partial charge in [-0.15, -0.1) is 0 Å². The van der Waals surface area contributed by atoms with Gasteiger partial charge in [-0.25, -0.2) is 0 Å². The van der Waals surface area contributed by atoms with Gasteiger partial charge in [0.2, 0.25) is 0 Å². The van der Waals surface area contributed by atoms with Gasteiger partial charge >= 0.3 is 5.97 Å². The van der Waals surface area contributed by atoms with Gasteiger partial charge in [0, 0.05) is 5.69 Å². The van der Waals surface area contributed by atoms with Gasteiger partial charge in [-0.3, -0.25) is 4.79 Å². The summed E-state index contributed by atoms with van der Waals surface area (Å²) < 4.78 is 5.56. The van der Waals surface area contributed by atoms with E-state index in [1.54, 1.807) is 0 Å². The highest BCUT2D eigenvalue weighted by atomic mass is 16.6. The van der Waals surface area contributed by atoms with Crippen molar-refractivity contribution in [2.75, 3.05) is 5.73 Å². The van der Waals surface area contributed by atoms with Crippen LogP contribution in [0.15, 0.2) is 24.3 Å². The summed E-state index contributed by atoms with van der Waals surface area (Å²) >= 11 is 0. The van der Waals surface area contributed by atoms with Gasteiger partial charge in [0.05, 0.1) is 5.41 Å². The molecule has 2 N–H and O–H groups in total. The van der Waals surface area contributed by atoms with Gasteiger partial charge in [0.25, 0.3) is 0 Å². The fourth-order valence-electron chi connectivity index (χ4n) is 2.42. The van der Waals surface area contributed by atoms with Gasteiger partial charge in [-0.1, -0.05) is 24.6 Å². The van der Waals surface area contributed by atoms with Crippen LogP contribution in [0.5, 0.6) is 0 Å². The van der Waals surface area contributed by atoms with E-state index in [-0.39, 0.29) is 5.97 Å². The highest BCUT2D eigenvalue weighted by Gasteiger charge is 2.49. The van der Waals surface area contributed by atoms with Crippen LogP contribution in [0, 0.1) is 0 Å². The number of esters is 1. The number of hydrogen-bond acceptors (Lipinski definition) is 3. The molecule has 18 heavy (non-hydrogen) atoms. The summed E-state index contributed by atoms with van der Waals surface area (Å²) in [4.78, 5) is 12.4. The Kier molecular flexibility index (Phi) is 3.09. The van der Waals surface area contributed by atoms with Gasteiger partial charge in [-0.05, 0) is 45.2 Å². The zero-order valence-electron chi connectivity index (χ0n) is 11.3. The average molecular weight is 247 g/mol. The molecule has 1 aromatic rings. The van der Waals surface area contributed by atoms with Crippen LogP contribution in [-0.2, 0) is 14.9 Å². The molecule has 0 heterocycles. The second kappa shape index (κ2) is 4.30. The fourth-order valence-corrected chi connectivity index (χ4v) is 2.42. The summed E-state index contributed by atoms with van der Waals surface area (Å²) in [6.07, 6.45) is 2.71. The van der Waals surface area contributed by atoms with Crippen molar-refractivity contribution in [3.8, 4) is 0 Å². The Morgan fingerprint density at radius 2 is 1.89 bits per heavy atom. The van der Waals surface area contributed by atoms with E-state index in [0.29, 0.717) is 5.69 Å². The molecule has 1 aliphatic rings. The number of anilines is 1. The van der Waals surface area contributed by atoms with Crippen molar-refractivity contribution in [3.63, 3.8) is 0 Å². The largest absolute Gasteiger partial charge is 0.459 e. The normalized spacial score (nSPS) is 17.9. The van der Waals surface area contributed by atoms with Crippen LogP contribution in [0.3, 0.4) is 0 Å². The second-order valence-electron chi connectivity index (χ2n) is 6.02. The van der Waals surface area contributed by atoms with E-state index in [1.807, 2.05) is 45.0 Å². The van der Waals surface area contributed by atoms with E-state index < -0.39 is 11.0 Å². The molecule has 3 nitrogen and oxygen atoms in total. The Morgan fingerprint density at radius 3 is 2.33 bits per heavy atom. The van der Waals surface area contributed by atoms with E-state index in [4.69, 9.17) is 10.5 Å². The zero-order valence-corrected chi connectivity index (χ0v) is 11.3. The van der Waals surface area contributed by atoms with Crippen LogP contribution in [0.25, 0.3) is 0 Å². The zero-order chi connectivity index (χ0) is 13.4. The molecule has 0 atom stereocenters. The maximum atomic E-state index is 12.4. The van der Waals surface area contributed by atoms with Gasteiger partial charge in [-0.2, -0.15) is 0 Å². The van der Waals surface area contributed by atoms with Crippen LogP contribution in [0.2, 0.25) is 0 Å². The van der Waals surface area contributed by atoms with E-state index >= 15 is 0 Å². The highest BCUT2D eigenvalue weighted by molar-refractivity contribution is 5.86. The lowest BCUT2D eigenvalue weighted by atomic mass is 9.64. The summed E-state index contributed by atoms with van der Waals surface area (Å²) in [5, 5.41) is 0. The number of nitrogen functional groups attached to an aromatic ring is 1. The number of ether oxygens (including phenoxy) is 1. The maximum Gasteiger partial charge on any atom is 0.317 e. The number of carbonyl (C=O) groups is 1. The summed E-state index contributed by atoms with van der Waals surface area (Å²) in [5.41, 5.74) is 6.64. The molecule has 0 aliphatic heterocycles. The molecule has 0 radical (unpaired) electrons. The van der Waals surface area contributed by atoms with Gasteiger partial charge < -0.3 is 10.5 Å². The van der Waals surface area contributed by atoms with E-state index in [9.17, 15) is 4.79 Å². The molecule has 0 bridgehead atoms. The monoisotopic (exact) mass is 247 g/mol. The SMILES string of the molecule is CC(C)(C)OC(=O)C1(c2ccccc2N)CCC1. The van der Waals surface area contributed by atoms with Crippen molar-refractivity contribution in [3.05, 3.63) is 29.8 Å². The minimum absolute atomic E-state index is 0.140. The van der Waals surface area contributed by atoms with Crippen LogP contribution in [-0.4, -0.2) is 11.6 Å². The number of carbonyl (C=O) groups excluding carboxylic acids is 1. The van der Waals surface area contributed by atoms with Crippen molar-refractivity contribution in [1.82, 2.24) is 0 Å². The number of benzene rings is 1. The van der Waals surface area contributed by atoms with E-state index in [2.05, 4.69) is 0 Å². The molecule has 0 aromatic heterocycles. The van der Waals surface area contributed by atoms with Crippen LogP contribution in [0.4, 0.5) is 5.69 Å².